The Morgan fingerprint density at radius 1 is 1.25 bits per heavy atom. The van der Waals surface area contributed by atoms with Crippen LogP contribution in [-0.4, -0.2) is 29.1 Å². The molecule has 0 spiro atoms. The molecule has 0 bridgehead atoms. The van der Waals surface area contributed by atoms with E-state index in [2.05, 4.69) is 0 Å². The van der Waals surface area contributed by atoms with Gasteiger partial charge in [0.05, 0.1) is 0 Å². The summed E-state index contributed by atoms with van der Waals surface area (Å²) in [6.45, 7) is 0. The predicted octanol–water partition coefficient (Wildman–Crippen LogP) is -0.0817. The third-order valence-electron chi connectivity index (χ3n) is 0. The zero-order valence-electron chi connectivity index (χ0n) is 2.10. The molecule has 0 aromatic heterocycles. The summed E-state index contributed by atoms with van der Waals surface area (Å²) in [6.07, 6.45) is 0. The molecule has 0 unspecified atom stereocenters. The van der Waals surface area contributed by atoms with Crippen molar-refractivity contribution in [1.29, 1.82) is 0 Å². The van der Waals surface area contributed by atoms with Crippen LogP contribution in [0.5, 0.6) is 0 Å². The van der Waals surface area contributed by atoms with Crippen molar-refractivity contribution in [2.24, 2.45) is 0 Å². The van der Waals surface area contributed by atoms with Gasteiger partial charge in [0.1, 0.15) is 0 Å². The standard InChI is InChI=1S/CN2.Mg/c2-1-3;/q-2;+2. The van der Waals surface area contributed by atoms with Gasteiger partial charge in [-0.25, -0.2) is 0 Å². The Hall–Kier alpha value is 0.146. The molecule has 0 saturated heterocycles. The topological polar surface area (TPSA) is 44.6 Å². The van der Waals surface area contributed by atoms with E-state index >= 15 is 0 Å². The van der Waals surface area contributed by atoms with Gasteiger partial charge in [-0.2, -0.15) is 0 Å². The predicted molar refractivity (Wildman–Crippen MR) is 17.5 cm³/mol. The van der Waals surface area contributed by atoms with Crippen molar-refractivity contribution < 1.29 is 0 Å². The van der Waals surface area contributed by atoms with Crippen molar-refractivity contribution in [3.63, 3.8) is 0 Å². The molecule has 0 N–H and O–H groups in total. The molecule has 0 atom stereocenters. The van der Waals surface area contributed by atoms with Gasteiger partial charge in [-0.1, -0.05) is 0 Å². The molecule has 0 aliphatic carbocycles. The smallest absolute Gasteiger partial charge is 0.786 e. The van der Waals surface area contributed by atoms with Crippen LogP contribution in [0.15, 0.2) is 0 Å². The summed E-state index contributed by atoms with van der Waals surface area (Å²) in [4.78, 5) is 0. The minimum absolute atomic E-state index is 0. The first-order valence-corrected chi connectivity index (χ1v) is 0.447. The molecule has 0 aromatic rings. The molecule has 0 amide bonds. The van der Waals surface area contributed by atoms with E-state index in [1.165, 1.54) is 0 Å². The Balaban J connectivity index is 0. The molecular weight excluding hydrogens is 64.3 g/mol. The fourth-order valence-electron chi connectivity index (χ4n) is 0. The Morgan fingerprint density at radius 3 is 1.25 bits per heavy atom. The molecular formula is CMgN2. The maximum absolute atomic E-state index is 6.88. The number of hydrogen-bond donors (Lipinski definition) is 0. The Morgan fingerprint density at radius 2 is 1.25 bits per heavy atom. The van der Waals surface area contributed by atoms with Gasteiger partial charge in [0.15, 0.2) is 0 Å². The van der Waals surface area contributed by atoms with E-state index in [9.17, 15) is 0 Å². The summed E-state index contributed by atoms with van der Waals surface area (Å²) in [5, 5.41) is 13.8. The number of hydrogen-bond acceptors (Lipinski definition) is 0. The number of rotatable bonds is 0. The van der Waals surface area contributed by atoms with Crippen LogP contribution in [0.2, 0.25) is 0 Å². The molecule has 0 aliphatic heterocycles. The molecule has 0 aromatic carbocycles. The largest absolute Gasteiger partial charge is 2.00 e. The van der Waals surface area contributed by atoms with Crippen molar-refractivity contribution in [1.82, 2.24) is 0 Å². The molecule has 3 heteroatoms. The molecule has 0 aliphatic rings. The van der Waals surface area contributed by atoms with E-state index in [1.807, 2.05) is 0 Å². The second-order valence-corrected chi connectivity index (χ2v) is 0.100. The van der Waals surface area contributed by atoms with E-state index in [0.29, 0.717) is 0 Å². The summed E-state index contributed by atoms with van der Waals surface area (Å²) in [5.41, 5.74) is 0. The molecule has 0 heterocycles. The molecule has 0 radical (unpaired) electrons. The summed E-state index contributed by atoms with van der Waals surface area (Å²) < 4.78 is 0. The van der Waals surface area contributed by atoms with Gasteiger partial charge in [0.25, 0.3) is 0 Å². The number of nitrogens with zero attached hydrogens (tertiary/aromatic N) is 2. The van der Waals surface area contributed by atoms with Crippen LogP contribution in [0.3, 0.4) is 0 Å². The zero-order chi connectivity index (χ0) is 2.71. The first-order chi connectivity index (χ1) is 1.41. The quantitative estimate of drug-likeness (QED) is 0.279. The normalized spacial score (nSPS) is 2.00. The van der Waals surface area contributed by atoms with E-state index in [1.54, 1.807) is 0 Å². The Kier molecular flexibility index (Phi) is 24.6. The van der Waals surface area contributed by atoms with Crippen molar-refractivity contribution in [2.75, 3.05) is 0 Å². The SMILES string of the molecule is [Mg+2].[N-]=C=[N-]. The average Bonchev–Trinajstić information content (AvgIpc) is 0.918. The Bertz CT molecular complexity index is 27.0. The maximum atomic E-state index is 6.88. The van der Waals surface area contributed by atoms with Crippen molar-refractivity contribution in [3.8, 4) is 0 Å². The minimum atomic E-state index is 0. The van der Waals surface area contributed by atoms with Crippen LogP contribution >= 0.6 is 0 Å². The first kappa shape index (κ1) is 8.91. The summed E-state index contributed by atoms with van der Waals surface area (Å²) >= 11 is 0. The van der Waals surface area contributed by atoms with Crippen LogP contribution in [0.4, 0.5) is 0 Å². The minimum Gasteiger partial charge on any atom is -0.786 e. The van der Waals surface area contributed by atoms with Crippen LogP contribution < -0.4 is 0 Å². The maximum Gasteiger partial charge on any atom is 2.00 e. The fraction of sp³-hybridized carbons (Fsp3) is 0. The van der Waals surface area contributed by atoms with Crippen LogP contribution in [0, 0.1) is 0 Å². The summed E-state index contributed by atoms with van der Waals surface area (Å²) in [6, 6.07) is 0.750. The molecule has 4 heavy (non-hydrogen) atoms. The summed E-state index contributed by atoms with van der Waals surface area (Å²) in [5.74, 6) is 0. The van der Waals surface area contributed by atoms with Gasteiger partial charge in [0.2, 0.25) is 0 Å². The first-order valence-electron chi connectivity index (χ1n) is 0.447. The van der Waals surface area contributed by atoms with E-state index in [4.69, 9.17) is 10.8 Å². The van der Waals surface area contributed by atoms with Crippen LogP contribution in [-0.2, 0) is 0 Å². The molecule has 0 fully saturated rings. The van der Waals surface area contributed by atoms with Gasteiger partial charge >= 0.3 is 23.1 Å². The monoisotopic (exact) mass is 64.0 g/mol. The molecule has 0 saturated carbocycles. The van der Waals surface area contributed by atoms with Gasteiger partial charge in [-0.3, -0.25) is 0 Å². The van der Waals surface area contributed by atoms with E-state index in [-0.39, 0.29) is 23.1 Å². The van der Waals surface area contributed by atoms with Gasteiger partial charge < -0.3 is 16.8 Å². The molecule has 0 rings (SSSR count). The third-order valence-corrected chi connectivity index (χ3v) is 0. The van der Waals surface area contributed by atoms with E-state index in [0.717, 1.165) is 6.01 Å². The van der Waals surface area contributed by atoms with E-state index < -0.39 is 0 Å². The second-order valence-electron chi connectivity index (χ2n) is 0.100. The second kappa shape index (κ2) is 11.0. The van der Waals surface area contributed by atoms with Gasteiger partial charge in [-0.15, -0.1) is 0 Å². The average molecular weight is 64.3 g/mol. The Labute approximate surface area is 40.4 Å². The van der Waals surface area contributed by atoms with Crippen LogP contribution in [0.1, 0.15) is 0 Å². The van der Waals surface area contributed by atoms with Crippen LogP contribution in [0.25, 0.3) is 10.8 Å². The summed E-state index contributed by atoms with van der Waals surface area (Å²) in [7, 11) is 0. The molecule has 2 nitrogen and oxygen atoms in total. The van der Waals surface area contributed by atoms with Gasteiger partial charge in [-0.05, 0) is 0 Å². The third kappa shape index (κ3) is 132. The van der Waals surface area contributed by atoms with Crippen molar-refractivity contribution >= 4 is 29.1 Å². The van der Waals surface area contributed by atoms with Crippen molar-refractivity contribution in [2.45, 2.75) is 0 Å². The fourth-order valence-corrected chi connectivity index (χ4v) is 0. The molecule has 16 valence electrons. The van der Waals surface area contributed by atoms with Crippen molar-refractivity contribution in [3.05, 3.63) is 10.8 Å². The zero-order valence-corrected chi connectivity index (χ0v) is 3.52. The van der Waals surface area contributed by atoms with Gasteiger partial charge in [0, 0.05) is 0 Å².